The minimum absolute atomic E-state index is 0.363. The second-order valence-corrected chi connectivity index (χ2v) is 4.26. The lowest BCUT2D eigenvalue weighted by Gasteiger charge is -1.97. The molecule has 1 aliphatic rings. The highest BCUT2D eigenvalue weighted by Crippen LogP contribution is 2.46. The molecule has 1 radical (unpaired) electrons. The maximum atomic E-state index is 9.02. The molecule has 1 aromatic rings. The van der Waals surface area contributed by atoms with Crippen LogP contribution in [0, 0.1) is 12.8 Å². The first-order valence-electron chi connectivity index (χ1n) is 5.77. The molecule has 0 spiro atoms. The van der Waals surface area contributed by atoms with Gasteiger partial charge in [-0.25, -0.2) is 0 Å². The second-order valence-electron chi connectivity index (χ2n) is 4.26. The molecule has 2 atom stereocenters. The van der Waals surface area contributed by atoms with Crippen molar-refractivity contribution in [2.45, 2.75) is 39.0 Å². The molecule has 1 N–H and O–H groups in total. The van der Waals surface area contributed by atoms with Crippen molar-refractivity contribution in [3.05, 3.63) is 36.8 Å². The maximum Gasteiger partial charge on any atom is 0.115 e. The van der Waals surface area contributed by atoms with Crippen LogP contribution in [0.5, 0.6) is 5.75 Å². The van der Waals surface area contributed by atoms with Crippen molar-refractivity contribution >= 4 is 0 Å². The predicted octanol–water partition coefficient (Wildman–Crippen LogP) is 4.14. The first-order valence-corrected chi connectivity index (χ1v) is 5.77. The van der Waals surface area contributed by atoms with E-state index in [0.717, 1.165) is 18.3 Å². The van der Waals surface area contributed by atoms with Gasteiger partial charge in [0.15, 0.2) is 0 Å². The fraction of sp³-hybridized carbons (Fsp3) is 0.500. The molecule has 1 heteroatoms. The zero-order valence-corrected chi connectivity index (χ0v) is 9.74. The topological polar surface area (TPSA) is 20.2 Å². The minimum Gasteiger partial charge on any atom is -0.508 e. The smallest absolute Gasteiger partial charge is 0.115 e. The summed E-state index contributed by atoms with van der Waals surface area (Å²) in [6.45, 7) is 7.98. The number of phenolic OH excluding ortho intramolecular Hbond substituents is 1. The fourth-order valence-electron chi connectivity index (χ4n) is 1.51. The number of hydrogen-bond donors (Lipinski definition) is 1. The molecule has 0 heterocycles. The van der Waals surface area contributed by atoms with Crippen LogP contribution in [-0.4, -0.2) is 5.11 Å². The lowest BCUT2D eigenvalue weighted by molar-refractivity contribution is 0.475. The van der Waals surface area contributed by atoms with Gasteiger partial charge < -0.3 is 5.11 Å². The molecule has 0 aliphatic heterocycles. The van der Waals surface area contributed by atoms with E-state index in [4.69, 9.17) is 5.11 Å². The molecule has 0 aromatic heterocycles. The van der Waals surface area contributed by atoms with Crippen molar-refractivity contribution in [2.75, 3.05) is 0 Å². The SMILES string of the molecule is CC1CC1c1ccc(O)cc1.[CH2]CCC. The van der Waals surface area contributed by atoms with E-state index in [9.17, 15) is 0 Å². The standard InChI is InChI=1S/C10H12O.C4H9/c1-7-6-10(7)8-2-4-9(11)5-3-8;1-3-4-2/h2-5,7,10-11H,6H2,1H3;1,3-4H2,2H3. The van der Waals surface area contributed by atoms with Crippen molar-refractivity contribution < 1.29 is 5.11 Å². The normalized spacial score (nSPS) is 22.9. The zero-order chi connectivity index (χ0) is 11.3. The summed E-state index contributed by atoms with van der Waals surface area (Å²) in [7, 11) is 0. The summed E-state index contributed by atoms with van der Waals surface area (Å²) < 4.78 is 0. The van der Waals surface area contributed by atoms with Crippen LogP contribution in [0.15, 0.2) is 24.3 Å². The average molecular weight is 205 g/mol. The third kappa shape index (κ3) is 3.94. The predicted molar refractivity (Wildman–Crippen MR) is 64.9 cm³/mol. The van der Waals surface area contributed by atoms with E-state index in [1.54, 1.807) is 12.1 Å². The largest absolute Gasteiger partial charge is 0.508 e. The van der Waals surface area contributed by atoms with Gasteiger partial charge in [-0.1, -0.05) is 45.7 Å². The number of aromatic hydroxyl groups is 1. The number of unbranched alkanes of at least 4 members (excludes halogenated alkanes) is 1. The van der Waals surface area contributed by atoms with Crippen LogP contribution in [0.3, 0.4) is 0 Å². The molecule has 15 heavy (non-hydrogen) atoms. The van der Waals surface area contributed by atoms with E-state index in [2.05, 4.69) is 20.8 Å². The summed E-state index contributed by atoms with van der Waals surface area (Å²) in [5, 5.41) is 9.02. The molecule has 83 valence electrons. The first-order chi connectivity index (χ1) is 7.19. The highest BCUT2D eigenvalue weighted by Gasteiger charge is 2.33. The second kappa shape index (κ2) is 5.79. The minimum atomic E-state index is 0.363. The zero-order valence-electron chi connectivity index (χ0n) is 9.74. The third-order valence-electron chi connectivity index (χ3n) is 2.78. The monoisotopic (exact) mass is 205 g/mol. The molecular weight excluding hydrogens is 184 g/mol. The number of rotatable bonds is 2. The van der Waals surface area contributed by atoms with Crippen molar-refractivity contribution in [1.29, 1.82) is 0 Å². The van der Waals surface area contributed by atoms with Gasteiger partial charge in [0.05, 0.1) is 0 Å². The number of phenols is 1. The van der Waals surface area contributed by atoms with Gasteiger partial charge in [0.25, 0.3) is 0 Å². The van der Waals surface area contributed by atoms with E-state index in [1.807, 2.05) is 12.1 Å². The Hall–Kier alpha value is -0.980. The highest BCUT2D eigenvalue weighted by molar-refractivity contribution is 5.31. The quantitative estimate of drug-likeness (QED) is 0.769. The number of hydrogen-bond acceptors (Lipinski definition) is 1. The molecule has 0 amide bonds. The van der Waals surface area contributed by atoms with Gasteiger partial charge >= 0.3 is 0 Å². The molecule has 1 fully saturated rings. The molecule has 1 aromatic carbocycles. The van der Waals surface area contributed by atoms with E-state index in [-0.39, 0.29) is 0 Å². The van der Waals surface area contributed by atoms with Crippen LogP contribution in [-0.2, 0) is 0 Å². The number of benzene rings is 1. The Balaban J connectivity index is 0.000000245. The summed E-state index contributed by atoms with van der Waals surface area (Å²) in [6, 6.07) is 7.56. The summed E-state index contributed by atoms with van der Waals surface area (Å²) >= 11 is 0. The third-order valence-corrected chi connectivity index (χ3v) is 2.78. The van der Waals surface area contributed by atoms with Gasteiger partial charge in [-0.15, -0.1) is 0 Å². The van der Waals surface area contributed by atoms with Gasteiger partial charge in [0.2, 0.25) is 0 Å². The van der Waals surface area contributed by atoms with Crippen molar-refractivity contribution in [1.82, 2.24) is 0 Å². The van der Waals surface area contributed by atoms with E-state index < -0.39 is 0 Å². The molecule has 1 aliphatic carbocycles. The lowest BCUT2D eigenvalue weighted by atomic mass is 10.1. The Morgan fingerprint density at radius 3 is 2.13 bits per heavy atom. The Morgan fingerprint density at radius 1 is 1.33 bits per heavy atom. The summed E-state index contributed by atoms with van der Waals surface area (Å²) in [6.07, 6.45) is 3.59. The van der Waals surface area contributed by atoms with Crippen LogP contribution in [0.25, 0.3) is 0 Å². The first kappa shape index (κ1) is 12.1. The maximum absolute atomic E-state index is 9.02. The summed E-state index contributed by atoms with van der Waals surface area (Å²) in [4.78, 5) is 0. The van der Waals surface area contributed by atoms with Crippen molar-refractivity contribution in [2.24, 2.45) is 5.92 Å². The van der Waals surface area contributed by atoms with Crippen LogP contribution in [0.4, 0.5) is 0 Å². The Labute approximate surface area is 93.1 Å². The van der Waals surface area contributed by atoms with Gasteiger partial charge in [0, 0.05) is 0 Å². The molecule has 1 saturated carbocycles. The molecular formula is C14H21O. The van der Waals surface area contributed by atoms with Crippen molar-refractivity contribution in [3.63, 3.8) is 0 Å². The molecule has 2 unspecified atom stereocenters. The van der Waals surface area contributed by atoms with Crippen LogP contribution in [0.2, 0.25) is 0 Å². The Kier molecular flexibility index (Phi) is 4.67. The summed E-state index contributed by atoms with van der Waals surface area (Å²) in [5.74, 6) is 1.97. The molecule has 2 rings (SSSR count). The highest BCUT2D eigenvalue weighted by atomic mass is 16.3. The van der Waals surface area contributed by atoms with Crippen LogP contribution >= 0.6 is 0 Å². The van der Waals surface area contributed by atoms with Gasteiger partial charge in [-0.05, 0) is 36.0 Å². The van der Waals surface area contributed by atoms with E-state index in [1.165, 1.54) is 18.4 Å². The summed E-state index contributed by atoms with van der Waals surface area (Å²) in [5.41, 5.74) is 1.37. The van der Waals surface area contributed by atoms with Crippen molar-refractivity contribution in [3.8, 4) is 5.75 Å². The Bertz CT molecular complexity index is 274. The van der Waals surface area contributed by atoms with Gasteiger partial charge in [0.1, 0.15) is 5.75 Å². The van der Waals surface area contributed by atoms with Gasteiger partial charge in [-0.3, -0.25) is 0 Å². The fourth-order valence-corrected chi connectivity index (χ4v) is 1.51. The van der Waals surface area contributed by atoms with Crippen LogP contribution in [0.1, 0.15) is 44.6 Å². The van der Waals surface area contributed by atoms with E-state index in [0.29, 0.717) is 5.75 Å². The van der Waals surface area contributed by atoms with Crippen LogP contribution < -0.4 is 0 Å². The molecule has 0 bridgehead atoms. The Morgan fingerprint density at radius 2 is 1.80 bits per heavy atom. The lowest BCUT2D eigenvalue weighted by Crippen LogP contribution is -1.78. The van der Waals surface area contributed by atoms with Gasteiger partial charge in [-0.2, -0.15) is 0 Å². The molecule has 1 nitrogen and oxygen atoms in total. The molecule has 0 saturated heterocycles. The average Bonchev–Trinajstić information content (AvgIpc) is 2.97. The van der Waals surface area contributed by atoms with E-state index >= 15 is 0 Å².